The lowest BCUT2D eigenvalue weighted by Crippen LogP contribution is -2.42. The van der Waals surface area contributed by atoms with Crippen LogP contribution in [0, 0.1) is 20.8 Å². The van der Waals surface area contributed by atoms with Crippen molar-refractivity contribution < 1.29 is 14.7 Å². The summed E-state index contributed by atoms with van der Waals surface area (Å²) in [6.45, 7) is 8.86. The fourth-order valence-electron chi connectivity index (χ4n) is 6.68. The number of aromatic nitrogens is 3. The van der Waals surface area contributed by atoms with Crippen molar-refractivity contribution in [3.05, 3.63) is 93.0 Å². The van der Waals surface area contributed by atoms with Crippen LogP contribution >= 0.6 is 0 Å². The number of amides is 1. The molecule has 7 nitrogen and oxygen atoms in total. The third-order valence-corrected chi connectivity index (χ3v) is 8.91. The zero-order valence-electron chi connectivity index (χ0n) is 22.9. The molecular formula is C32H34N4O3. The molecular weight excluding hydrogens is 488 g/mol. The van der Waals surface area contributed by atoms with Gasteiger partial charge in [0.15, 0.2) is 0 Å². The molecule has 3 heterocycles. The first kappa shape index (κ1) is 25.3. The van der Waals surface area contributed by atoms with Gasteiger partial charge in [-0.25, -0.2) is 4.68 Å². The second kappa shape index (κ2) is 9.63. The van der Waals surface area contributed by atoms with E-state index in [1.807, 2.05) is 55.8 Å². The number of aryl methyl sites for hydroxylation is 4. The van der Waals surface area contributed by atoms with E-state index in [0.29, 0.717) is 0 Å². The normalized spacial score (nSPS) is 18.8. The number of hydrogen-bond acceptors (Lipinski definition) is 4. The first-order valence-corrected chi connectivity index (χ1v) is 13.8. The van der Waals surface area contributed by atoms with Crippen molar-refractivity contribution in [2.45, 2.75) is 77.9 Å². The van der Waals surface area contributed by atoms with Gasteiger partial charge in [0.2, 0.25) is 0 Å². The maximum Gasteiger partial charge on any atom is 0.304 e. The van der Waals surface area contributed by atoms with Crippen LogP contribution in [-0.2, 0) is 17.8 Å². The summed E-state index contributed by atoms with van der Waals surface area (Å²) in [6, 6.07) is 16.6. The third kappa shape index (κ3) is 4.20. The number of rotatable bonds is 6. The fraction of sp³-hybridized carbons (Fsp3) is 0.375. The van der Waals surface area contributed by atoms with Gasteiger partial charge in [-0.3, -0.25) is 9.59 Å². The number of carbonyl (C=O) groups is 2. The maximum atomic E-state index is 13.7. The molecule has 1 aromatic heterocycles. The summed E-state index contributed by atoms with van der Waals surface area (Å²) >= 11 is 0. The second-order valence-corrected chi connectivity index (χ2v) is 11.1. The van der Waals surface area contributed by atoms with E-state index in [1.165, 1.54) is 11.1 Å². The summed E-state index contributed by atoms with van der Waals surface area (Å²) in [5.41, 5.74) is 10.1. The molecule has 2 aliphatic heterocycles. The zero-order valence-corrected chi connectivity index (χ0v) is 22.9. The molecule has 3 atom stereocenters. The molecule has 0 radical (unpaired) electrons. The number of benzene rings is 3. The molecule has 2 bridgehead atoms. The van der Waals surface area contributed by atoms with E-state index in [1.54, 1.807) is 0 Å². The number of carboxylic acids is 1. The van der Waals surface area contributed by atoms with Crippen molar-refractivity contribution in [3.8, 4) is 0 Å². The van der Waals surface area contributed by atoms with Crippen LogP contribution in [0.25, 0.3) is 11.0 Å². The molecule has 0 saturated carbocycles. The Labute approximate surface area is 228 Å². The van der Waals surface area contributed by atoms with E-state index in [2.05, 4.69) is 40.3 Å². The van der Waals surface area contributed by atoms with E-state index >= 15 is 0 Å². The van der Waals surface area contributed by atoms with Crippen LogP contribution in [0.5, 0.6) is 0 Å². The molecule has 4 aromatic rings. The van der Waals surface area contributed by atoms with Crippen molar-refractivity contribution in [2.75, 3.05) is 0 Å². The number of nitrogens with zero attached hydrogens (tertiary/aromatic N) is 4. The minimum absolute atomic E-state index is 0.00585. The Hall–Kier alpha value is -4.00. The molecule has 6 rings (SSSR count). The number of carbonyl (C=O) groups excluding carboxylic acids is 1. The lowest BCUT2D eigenvalue weighted by atomic mass is 9.82. The first-order chi connectivity index (χ1) is 18.8. The van der Waals surface area contributed by atoms with Crippen LogP contribution in [0.3, 0.4) is 0 Å². The maximum absolute atomic E-state index is 13.7. The van der Waals surface area contributed by atoms with Crippen molar-refractivity contribution >= 4 is 22.9 Å². The Morgan fingerprint density at radius 2 is 1.85 bits per heavy atom. The Kier molecular flexibility index (Phi) is 6.25. The minimum Gasteiger partial charge on any atom is -0.481 e. The zero-order chi connectivity index (χ0) is 27.4. The minimum atomic E-state index is -0.845. The molecule has 1 fully saturated rings. The summed E-state index contributed by atoms with van der Waals surface area (Å²) in [4.78, 5) is 27.9. The summed E-state index contributed by atoms with van der Waals surface area (Å²) in [5.74, 6) is -1.09. The molecule has 2 unspecified atom stereocenters. The summed E-state index contributed by atoms with van der Waals surface area (Å²) in [6.07, 6.45) is 2.71. The average molecular weight is 523 g/mol. The summed E-state index contributed by atoms with van der Waals surface area (Å²) in [7, 11) is 0. The van der Waals surface area contributed by atoms with Crippen molar-refractivity contribution in [2.24, 2.45) is 0 Å². The second-order valence-electron chi connectivity index (χ2n) is 11.1. The first-order valence-electron chi connectivity index (χ1n) is 13.8. The molecule has 3 aromatic carbocycles. The quantitative estimate of drug-likeness (QED) is 0.341. The van der Waals surface area contributed by atoms with Crippen LogP contribution in [0.2, 0.25) is 0 Å². The highest BCUT2D eigenvalue weighted by Gasteiger charge is 2.43. The van der Waals surface area contributed by atoms with Crippen LogP contribution < -0.4 is 0 Å². The van der Waals surface area contributed by atoms with Gasteiger partial charge in [0.25, 0.3) is 5.91 Å². The number of carboxylic acid groups (broad SMARTS) is 1. The van der Waals surface area contributed by atoms with E-state index in [4.69, 9.17) is 0 Å². The van der Waals surface area contributed by atoms with E-state index in [0.717, 1.165) is 70.2 Å². The van der Waals surface area contributed by atoms with Gasteiger partial charge in [0.05, 0.1) is 18.0 Å². The third-order valence-electron chi connectivity index (χ3n) is 8.91. The molecule has 0 aliphatic carbocycles. The van der Waals surface area contributed by atoms with Crippen LogP contribution in [0.15, 0.2) is 48.5 Å². The SMILES string of the molecule is CCn1nnc2c(C)c([C@H](CC(=O)O)c3ccc4c(c3)C3CCC(C4)N3C(=O)c3ccc(C)c(C)c3)ccc21. The molecule has 1 N–H and O–H groups in total. The highest BCUT2D eigenvalue weighted by atomic mass is 16.4. The van der Waals surface area contributed by atoms with Gasteiger partial charge in [-0.05, 0) is 104 Å². The van der Waals surface area contributed by atoms with Crippen LogP contribution in [0.4, 0.5) is 0 Å². The monoisotopic (exact) mass is 522 g/mol. The van der Waals surface area contributed by atoms with Gasteiger partial charge < -0.3 is 10.0 Å². The molecule has 1 saturated heterocycles. The van der Waals surface area contributed by atoms with E-state index < -0.39 is 5.97 Å². The van der Waals surface area contributed by atoms with Crippen molar-refractivity contribution in [1.29, 1.82) is 0 Å². The molecule has 0 spiro atoms. The smallest absolute Gasteiger partial charge is 0.304 e. The van der Waals surface area contributed by atoms with Crippen LogP contribution in [-0.4, -0.2) is 42.9 Å². The topological polar surface area (TPSA) is 88.3 Å². The lowest BCUT2D eigenvalue weighted by molar-refractivity contribution is -0.137. The Morgan fingerprint density at radius 3 is 2.59 bits per heavy atom. The number of hydrogen-bond donors (Lipinski definition) is 1. The summed E-state index contributed by atoms with van der Waals surface area (Å²) in [5, 5.41) is 18.6. The van der Waals surface area contributed by atoms with Crippen molar-refractivity contribution in [1.82, 2.24) is 19.9 Å². The molecule has 2 aliphatic rings. The van der Waals surface area contributed by atoms with Gasteiger partial charge in [-0.2, -0.15) is 0 Å². The van der Waals surface area contributed by atoms with Crippen LogP contribution in [0.1, 0.15) is 87.4 Å². The lowest BCUT2D eigenvalue weighted by Gasteiger charge is -2.37. The van der Waals surface area contributed by atoms with Gasteiger partial charge in [0, 0.05) is 24.1 Å². The largest absolute Gasteiger partial charge is 0.481 e. The molecule has 1 amide bonds. The Bertz CT molecular complexity index is 1620. The average Bonchev–Trinajstić information content (AvgIpc) is 3.49. The molecule has 7 heteroatoms. The number of aliphatic carboxylic acids is 1. The number of fused-ring (bicyclic) bond motifs is 5. The summed E-state index contributed by atoms with van der Waals surface area (Å²) < 4.78 is 1.86. The fourth-order valence-corrected chi connectivity index (χ4v) is 6.68. The van der Waals surface area contributed by atoms with Crippen molar-refractivity contribution in [3.63, 3.8) is 0 Å². The highest BCUT2D eigenvalue weighted by molar-refractivity contribution is 5.95. The predicted octanol–water partition coefficient (Wildman–Crippen LogP) is 5.89. The molecule has 200 valence electrons. The Balaban J connectivity index is 1.40. The highest BCUT2D eigenvalue weighted by Crippen LogP contribution is 2.46. The predicted molar refractivity (Wildman–Crippen MR) is 150 cm³/mol. The molecule has 39 heavy (non-hydrogen) atoms. The Morgan fingerprint density at radius 1 is 1.03 bits per heavy atom. The van der Waals surface area contributed by atoms with E-state index in [9.17, 15) is 14.7 Å². The van der Waals surface area contributed by atoms with Gasteiger partial charge in [-0.1, -0.05) is 35.5 Å². The standard InChI is InChI=1S/C32H34N4O3/c1-5-35-29-13-11-25(20(4)31(29)33-34-35)26(17-30(37)38)22-9-8-21-15-24-10-12-28(27(21)16-22)36(24)32(39)23-7-6-18(2)19(3)14-23/h6-9,11,13-14,16,24,26,28H,5,10,12,15,17H2,1-4H3,(H,37,38)/t24?,26-,28?/m1/s1. The van der Waals surface area contributed by atoms with E-state index in [-0.39, 0.29) is 30.3 Å². The van der Waals surface area contributed by atoms with Gasteiger partial charge >= 0.3 is 5.97 Å². The van der Waals surface area contributed by atoms with Gasteiger partial charge in [0.1, 0.15) is 5.52 Å². The van der Waals surface area contributed by atoms with Gasteiger partial charge in [-0.15, -0.1) is 5.10 Å².